The first kappa shape index (κ1) is 19.6. The van der Waals surface area contributed by atoms with Crippen LogP contribution in [0.25, 0.3) is 11.1 Å². The van der Waals surface area contributed by atoms with Crippen LogP contribution in [0, 0.1) is 0 Å². The molecule has 8 heteroatoms. The SMILES string of the molecule is CC(=O)Nc1cccc(-c2ccc3c(c2)CC(NC(=O)CC2NC(=O)NC2=O)C3)c1. The fraction of sp³-hybridized carbons (Fsp3) is 0.273. The minimum atomic E-state index is -0.816. The Balaban J connectivity index is 1.40. The van der Waals surface area contributed by atoms with Crippen LogP contribution in [-0.2, 0) is 27.2 Å². The Bertz CT molecular complexity index is 1050. The minimum absolute atomic E-state index is 0.0476. The van der Waals surface area contributed by atoms with Crippen LogP contribution in [0.4, 0.5) is 10.5 Å². The van der Waals surface area contributed by atoms with Crippen molar-refractivity contribution in [2.24, 2.45) is 0 Å². The molecular weight excluding hydrogens is 384 g/mol. The van der Waals surface area contributed by atoms with Gasteiger partial charge in [-0.15, -0.1) is 0 Å². The summed E-state index contributed by atoms with van der Waals surface area (Å²) in [5, 5.41) is 10.3. The summed E-state index contributed by atoms with van der Waals surface area (Å²) in [5.74, 6) is -0.858. The van der Waals surface area contributed by atoms with Crippen LogP contribution in [0.1, 0.15) is 24.5 Å². The smallest absolute Gasteiger partial charge is 0.322 e. The average Bonchev–Trinajstić information content (AvgIpc) is 3.22. The van der Waals surface area contributed by atoms with Crippen molar-refractivity contribution in [2.75, 3.05) is 5.32 Å². The van der Waals surface area contributed by atoms with Gasteiger partial charge in [-0.05, 0) is 47.2 Å². The molecule has 4 rings (SSSR count). The number of nitrogens with one attached hydrogen (secondary N) is 4. The third kappa shape index (κ3) is 4.32. The number of hydrogen-bond acceptors (Lipinski definition) is 4. The van der Waals surface area contributed by atoms with E-state index in [1.807, 2.05) is 30.3 Å². The molecule has 5 amide bonds. The van der Waals surface area contributed by atoms with E-state index in [4.69, 9.17) is 0 Å². The highest BCUT2D eigenvalue weighted by Gasteiger charge is 2.32. The predicted molar refractivity (Wildman–Crippen MR) is 111 cm³/mol. The fourth-order valence-electron chi connectivity index (χ4n) is 3.95. The van der Waals surface area contributed by atoms with E-state index in [1.54, 1.807) is 0 Å². The number of hydrogen-bond donors (Lipinski definition) is 4. The lowest BCUT2D eigenvalue weighted by atomic mass is 10.0. The lowest BCUT2D eigenvalue weighted by Gasteiger charge is -2.13. The predicted octanol–water partition coefficient (Wildman–Crippen LogP) is 1.49. The number of imide groups is 1. The Morgan fingerprint density at radius 3 is 2.53 bits per heavy atom. The van der Waals surface area contributed by atoms with Gasteiger partial charge in [-0.3, -0.25) is 19.7 Å². The molecule has 154 valence electrons. The van der Waals surface area contributed by atoms with Crippen LogP contribution in [0.5, 0.6) is 0 Å². The maximum Gasteiger partial charge on any atom is 0.322 e. The normalized spacial score (nSPS) is 19.6. The lowest BCUT2D eigenvalue weighted by molar-refractivity contribution is -0.126. The van der Waals surface area contributed by atoms with Crippen molar-refractivity contribution in [1.29, 1.82) is 0 Å². The van der Waals surface area contributed by atoms with Crippen LogP contribution in [0.2, 0.25) is 0 Å². The van der Waals surface area contributed by atoms with E-state index < -0.39 is 18.0 Å². The highest BCUT2D eigenvalue weighted by Crippen LogP contribution is 2.29. The largest absolute Gasteiger partial charge is 0.353 e. The maximum atomic E-state index is 12.3. The third-order valence-electron chi connectivity index (χ3n) is 5.27. The minimum Gasteiger partial charge on any atom is -0.353 e. The first-order valence-corrected chi connectivity index (χ1v) is 9.78. The number of urea groups is 1. The van der Waals surface area contributed by atoms with Crippen molar-refractivity contribution >= 4 is 29.4 Å². The van der Waals surface area contributed by atoms with Gasteiger partial charge in [0.2, 0.25) is 11.8 Å². The highest BCUT2D eigenvalue weighted by atomic mass is 16.2. The summed E-state index contributed by atoms with van der Waals surface area (Å²) in [7, 11) is 0. The van der Waals surface area contributed by atoms with Gasteiger partial charge in [0, 0.05) is 18.7 Å². The van der Waals surface area contributed by atoms with E-state index >= 15 is 0 Å². The van der Waals surface area contributed by atoms with Crippen LogP contribution in [-0.4, -0.2) is 35.8 Å². The van der Waals surface area contributed by atoms with E-state index in [2.05, 4.69) is 33.4 Å². The van der Waals surface area contributed by atoms with Gasteiger partial charge in [-0.1, -0.05) is 30.3 Å². The molecule has 0 radical (unpaired) electrons. The molecule has 2 aromatic carbocycles. The third-order valence-corrected chi connectivity index (χ3v) is 5.27. The second kappa shape index (κ2) is 7.98. The molecule has 1 aliphatic carbocycles. The molecule has 1 aliphatic heterocycles. The highest BCUT2D eigenvalue weighted by molar-refractivity contribution is 6.05. The van der Waals surface area contributed by atoms with Crippen LogP contribution < -0.4 is 21.3 Å². The molecule has 1 saturated heterocycles. The maximum absolute atomic E-state index is 12.3. The Hall–Kier alpha value is -3.68. The van der Waals surface area contributed by atoms with E-state index in [-0.39, 0.29) is 24.3 Å². The zero-order valence-electron chi connectivity index (χ0n) is 16.5. The van der Waals surface area contributed by atoms with Crippen molar-refractivity contribution in [1.82, 2.24) is 16.0 Å². The average molecular weight is 406 g/mol. The summed E-state index contributed by atoms with van der Waals surface area (Å²) >= 11 is 0. The summed E-state index contributed by atoms with van der Waals surface area (Å²) in [6.07, 6.45) is 1.34. The Morgan fingerprint density at radius 1 is 1.03 bits per heavy atom. The van der Waals surface area contributed by atoms with E-state index in [9.17, 15) is 19.2 Å². The van der Waals surface area contributed by atoms with Crippen molar-refractivity contribution in [3.8, 4) is 11.1 Å². The van der Waals surface area contributed by atoms with Gasteiger partial charge < -0.3 is 16.0 Å². The van der Waals surface area contributed by atoms with Crippen LogP contribution in [0.15, 0.2) is 42.5 Å². The monoisotopic (exact) mass is 406 g/mol. The van der Waals surface area contributed by atoms with Gasteiger partial charge in [0.1, 0.15) is 6.04 Å². The molecule has 0 saturated carbocycles. The molecule has 0 spiro atoms. The molecule has 2 aromatic rings. The fourth-order valence-corrected chi connectivity index (χ4v) is 3.95. The van der Waals surface area contributed by atoms with Crippen LogP contribution in [0.3, 0.4) is 0 Å². The van der Waals surface area contributed by atoms with E-state index in [0.717, 1.165) is 28.8 Å². The van der Waals surface area contributed by atoms with Crippen molar-refractivity contribution < 1.29 is 19.2 Å². The summed E-state index contributed by atoms with van der Waals surface area (Å²) in [6, 6.07) is 12.4. The number of benzene rings is 2. The second-order valence-corrected chi connectivity index (χ2v) is 7.64. The summed E-state index contributed by atoms with van der Waals surface area (Å²) in [6.45, 7) is 1.48. The Kier molecular flexibility index (Phi) is 5.22. The molecule has 0 aromatic heterocycles. The van der Waals surface area contributed by atoms with Crippen LogP contribution >= 0.6 is 0 Å². The van der Waals surface area contributed by atoms with Gasteiger partial charge >= 0.3 is 6.03 Å². The van der Waals surface area contributed by atoms with Gasteiger partial charge in [0.25, 0.3) is 5.91 Å². The molecule has 2 aliphatic rings. The van der Waals surface area contributed by atoms with Crippen molar-refractivity contribution in [3.63, 3.8) is 0 Å². The number of amides is 5. The van der Waals surface area contributed by atoms with Gasteiger partial charge in [0.15, 0.2) is 0 Å². The summed E-state index contributed by atoms with van der Waals surface area (Å²) in [4.78, 5) is 46.3. The van der Waals surface area contributed by atoms with Crippen molar-refractivity contribution in [3.05, 3.63) is 53.6 Å². The molecule has 2 unspecified atom stereocenters. The molecule has 2 atom stereocenters. The first-order valence-electron chi connectivity index (χ1n) is 9.78. The Labute approximate surface area is 173 Å². The number of anilines is 1. The first-order chi connectivity index (χ1) is 14.4. The zero-order valence-corrected chi connectivity index (χ0v) is 16.5. The molecule has 1 fully saturated rings. The topological polar surface area (TPSA) is 116 Å². The zero-order chi connectivity index (χ0) is 21.3. The van der Waals surface area contributed by atoms with E-state index in [1.165, 1.54) is 12.5 Å². The quantitative estimate of drug-likeness (QED) is 0.563. The molecule has 4 N–H and O–H groups in total. The molecular formula is C22H22N4O4. The number of rotatable bonds is 5. The lowest BCUT2D eigenvalue weighted by Crippen LogP contribution is -2.40. The van der Waals surface area contributed by atoms with Gasteiger partial charge in [-0.25, -0.2) is 4.79 Å². The second-order valence-electron chi connectivity index (χ2n) is 7.64. The molecule has 0 bridgehead atoms. The number of carbonyl (C=O) groups excluding carboxylic acids is 4. The van der Waals surface area contributed by atoms with Gasteiger partial charge in [-0.2, -0.15) is 0 Å². The molecule has 1 heterocycles. The standard InChI is InChI=1S/C22H22N4O4/c1-12(27)23-17-4-2-3-13(8-17)14-5-6-15-9-18(10-16(15)7-14)24-20(28)11-19-21(29)26-22(30)25-19/h2-8,18-19H,9-11H2,1H3,(H,23,27)(H,24,28)(H2,25,26,29,30). The number of carbonyl (C=O) groups is 4. The Morgan fingerprint density at radius 2 is 1.80 bits per heavy atom. The summed E-state index contributed by atoms with van der Waals surface area (Å²) in [5.41, 5.74) is 5.12. The van der Waals surface area contributed by atoms with Crippen molar-refractivity contribution in [2.45, 2.75) is 38.3 Å². The number of fused-ring (bicyclic) bond motifs is 1. The van der Waals surface area contributed by atoms with E-state index in [0.29, 0.717) is 6.42 Å². The molecule has 8 nitrogen and oxygen atoms in total. The summed E-state index contributed by atoms with van der Waals surface area (Å²) < 4.78 is 0. The molecule has 30 heavy (non-hydrogen) atoms. The van der Waals surface area contributed by atoms with Gasteiger partial charge in [0.05, 0.1) is 6.42 Å².